The molecule has 0 aliphatic rings. The van der Waals surface area contributed by atoms with Crippen LogP contribution in [0.25, 0.3) is 0 Å². The summed E-state index contributed by atoms with van der Waals surface area (Å²) in [6.45, 7) is 5.96. The van der Waals surface area contributed by atoms with Crippen molar-refractivity contribution in [3.05, 3.63) is 33.8 Å². The van der Waals surface area contributed by atoms with Gasteiger partial charge in [-0.3, -0.25) is 0 Å². The van der Waals surface area contributed by atoms with Crippen molar-refractivity contribution in [1.82, 2.24) is 5.32 Å². The fourth-order valence-corrected chi connectivity index (χ4v) is 2.47. The lowest BCUT2D eigenvalue weighted by molar-refractivity contribution is -0.137. The molecule has 0 fully saturated rings. The third-order valence-corrected chi connectivity index (χ3v) is 3.51. The Balaban J connectivity index is 3.31. The van der Waals surface area contributed by atoms with Gasteiger partial charge in [-0.15, -0.1) is 0 Å². The van der Waals surface area contributed by atoms with Gasteiger partial charge >= 0.3 is 6.18 Å². The second-order valence-corrected chi connectivity index (χ2v) is 6.18. The summed E-state index contributed by atoms with van der Waals surface area (Å²) < 4.78 is 38.9. The normalized spacial score (nSPS) is 14.7. The van der Waals surface area contributed by atoms with Gasteiger partial charge < -0.3 is 5.32 Å². The van der Waals surface area contributed by atoms with Gasteiger partial charge in [-0.2, -0.15) is 13.2 Å². The minimum absolute atomic E-state index is 0.158. The first-order valence-corrected chi connectivity index (χ1v) is 6.40. The standard InChI is InChI=1S/C13H17BrF3N/c1-12(2,3)11(18-4)9-7-8(13(15,16)17)5-6-10(9)14/h5-7,11,18H,1-4H3. The van der Waals surface area contributed by atoms with Crippen molar-refractivity contribution in [3.63, 3.8) is 0 Å². The SMILES string of the molecule is CNC(c1cc(C(F)(F)F)ccc1Br)C(C)(C)C. The van der Waals surface area contributed by atoms with E-state index in [9.17, 15) is 13.2 Å². The van der Waals surface area contributed by atoms with Crippen LogP contribution in [0.3, 0.4) is 0 Å². The van der Waals surface area contributed by atoms with E-state index >= 15 is 0 Å². The van der Waals surface area contributed by atoms with Crippen LogP contribution in [0.1, 0.15) is 37.9 Å². The summed E-state index contributed by atoms with van der Waals surface area (Å²) in [6, 6.07) is 3.59. The molecule has 102 valence electrons. The summed E-state index contributed by atoms with van der Waals surface area (Å²) >= 11 is 3.32. The molecule has 0 spiro atoms. The van der Waals surface area contributed by atoms with Crippen molar-refractivity contribution in [2.75, 3.05) is 7.05 Å². The fourth-order valence-electron chi connectivity index (χ4n) is 2.00. The molecule has 1 aromatic rings. The van der Waals surface area contributed by atoms with E-state index in [0.717, 1.165) is 6.07 Å². The zero-order valence-electron chi connectivity index (χ0n) is 10.8. The van der Waals surface area contributed by atoms with Gasteiger partial charge in [0.15, 0.2) is 0 Å². The molecular weight excluding hydrogens is 307 g/mol. The van der Waals surface area contributed by atoms with E-state index in [1.54, 1.807) is 7.05 Å². The zero-order chi connectivity index (χ0) is 14.1. The molecule has 1 aromatic carbocycles. The summed E-state index contributed by atoms with van der Waals surface area (Å²) in [7, 11) is 1.75. The van der Waals surface area contributed by atoms with E-state index in [-0.39, 0.29) is 11.5 Å². The lowest BCUT2D eigenvalue weighted by Crippen LogP contribution is -2.30. The van der Waals surface area contributed by atoms with Crippen molar-refractivity contribution in [2.24, 2.45) is 5.41 Å². The summed E-state index contributed by atoms with van der Waals surface area (Å²) in [5.41, 5.74) is -0.174. The molecule has 0 aliphatic carbocycles. The van der Waals surface area contributed by atoms with Crippen LogP contribution in [0.4, 0.5) is 13.2 Å². The molecule has 1 atom stereocenters. The van der Waals surface area contributed by atoms with Crippen LogP contribution in [-0.4, -0.2) is 7.05 Å². The first-order valence-electron chi connectivity index (χ1n) is 5.61. The molecule has 1 rings (SSSR count). The Hall–Kier alpha value is -0.550. The van der Waals surface area contributed by atoms with Crippen LogP contribution < -0.4 is 5.32 Å². The molecule has 0 bridgehead atoms. The monoisotopic (exact) mass is 323 g/mol. The van der Waals surface area contributed by atoms with Crippen molar-refractivity contribution in [3.8, 4) is 0 Å². The van der Waals surface area contributed by atoms with Crippen LogP contribution in [0.5, 0.6) is 0 Å². The quantitative estimate of drug-likeness (QED) is 0.826. The number of rotatable bonds is 2. The third-order valence-electron chi connectivity index (χ3n) is 2.79. The highest BCUT2D eigenvalue weighted by Gasteiger charge is 2.33. The van der Waals surface area contributed by atoms with Gasteiger partial charge in [0.25, 0.3) is 0 Å². The number of hydrogen-bond acceptors (Lipinski definition) is 1. The van der Waals surface area contributed by atoms with Gasteiger partial charge in [-0.1, -0.05) is 36.7 Å². The maximum Gasteiger partial charge on any atom is 0.416 e. The Morgan fingerprint density at radius 1 is 1.17 bits per heavy atom. The molecule has 0 amide bonds. The number of halogens is 4. The average Bonchev–Trinajstić information content (AvgIpc) is 2.18. The van der Waals surface area contributed by atoms with Crippen LogP contribution in [0.15, 0.2) is 22.7 Å². The maximum atomic E-state index is 12.7. The van der Waals surface area contributed by atoms with Gasteiger partial charge in [0.1, 0.15) is 0 Å². The molecule has 1 N–H and O–H groups in total. The molecule has 1 unspecified atom stereocenters. The van der Waals surface area contributed by atoms with Crippen molar-refractivity contribution in [1.29, 1.82) is 0 Å². The van der Waals surface area contributed by atoms with Gasteiger partial charge in [-0.05, 0) is 36.2 Å². The van der Waals surface area contributed by atoms with Crippen molar-refractivity contribution < 1.29 is 13.2 Å². The molecule has 0 saturated heterocycles. The molecule has 5 heteroatoms. The van der Waals surface area contributed by atoms with Crippen LogP contribution in [-0.2, 0) is 6.18 Å². The van der Waals surface area contributed by atoms with Crippen molar-refractivity contribution >= 4 is 15.9 Å². The Labute approximate surface area is 114 Å². The minimum Gasteiger partial charge on any atom is -0.313 e. The second-order valence-electron chi connectivity index (χ2n) is 5.32. The molecule has 0 radical (unpaired) electrons. The highest BCUT2D eigenvalue weighted by Crippen LogP contribution is 2.39. The molecule has 0 saturated carbocycles. The molecule has 0 heterocycles. The topological polar surface area (TPSA) is 12.0 Å². The fraction of sp³-hybridized carbons (Fsp3) is 0.538. The Kier molecular flexibility index (Phi) is 4.49. The van der Waals surface area contributed by atoms with E-state index in [4.69, 9.17) is 0 Å². The Morgan fingerprint density at radius 3 is 2.11 bits per heavy atom. The number of hydrogen-bond donors (Lipinski definition) is 1. The third kappa shape index (κ3) is 3.48. The predicted octanol–water partition coefficient (Wildman–Crippen LogP) is 4.77. The smallest absolute Gasteiger partial charge is 0.313 e. The van der Waals surface area contributed by atoms with E-state index in [1.807, 2.05) is 20.8 Å². The Morgan fingerprint density at radius 2 is 1.72 bits per heavy atom. The summed E-state index contributed by atoms with van der Waals surface area (Å²) in [5.74, 6) is 0. The van der Waals surface area contributed by atoms with Gasteiger partial charge in [-0.25, -0.2) is 0 Å². The predicted molar refractivity (Wildman–Crippen MR) is 70.4 cm³/mol. The number of nitrogens with one attached hydrogen (secondary N) is 1. The average molecular weight is 324 g/mol. The van der Waals surface area contributed by atoms with E-state index in [2.05, 4.69) is 21.2 Å². The number of benzene rings is 1. The van der Waals surface area contributed by atoms with E-state index < -0.39 is 11.7 Å². The molecule has 0 aromatic heterocycles. The van der Waals surface area contributed by atoms with Crippen LogP contribution >= 0.6 is 15.9 Å². The van der Waals surface area contributed by atoms with Crippen LogP contribution in [0, 0.1) is 5.41 Å². The summed E-state index contributed by atoms with van der Waals surface area (Å²) in [4.78, 5) is 0. The summed E-state index contributed by atoms with van der Waals surface area (Å²) in [5, 5.41) is 3.08. The Bertz CT molecular complexity index is 421. The first kappa shape index (κ1) is 15.5. The molecule has 18 heavy (non-hydrogen) atoms. The van der Waals surface area contributed by atoms with E-state index in [1.165, 1.54) is 12.1 Å². The van der Waals surface area contributed by atoms with Crippen LogP contribution in [0.2, 0.25) is 0 Å². The zero-order valence-corrected chi connectivity index (χ0v) is 12.4. The lowest BCUT2D eigenvalue weighted by Gasteiger charge is -2.32. The highest BCUT2D eigenvalue weighted by atomic mass is 79.9. The van der Waals surface area contributed by atoms with Gasteiger partial charge in [0.2, 0.25) is 0 Å². The lowest BCUT2D eigenvalue weighted by atomic mass is 9.82. The summed E-state index contributed by atoms with van der Waals surface area (Å²) in [6.07, 6.45) is -4.31. The second kappa shape index (κ2) is 5.21. The minimum atomic E-state index is -4.31. The number of alkyl halides is 3. The molecular formula is C13H17BrF3N. The highest BCUT2D eigenvalue weighted by molar-refractivity contribution is 9.10. The van der Waals surface area contributed by atoms with E-state index in [0.29, 0.717) is 10.0 Å². The van der Waals surface area contributed by atoms with Gasteiger partial charge in [0.05, 0.1) is 5.56 Å². The largest absolute Gasteiger partial charge is 0.416 e. The molecule has 0 aliphatic heterocycles. The first-order chi connectivity index (χ1) is 8.07. The maximum absolute atomic E-state index is 12.7. The van der Waals surface area contributed by atoms with Crippen molar-refractivity contribution in [2.45, 2.75) is 33.0 Å². The molecule has 1 nitrogen and oxygen atoms in total. The van der Waals surface area contributed by atoms with Gasteiger partial charge in [0, 0.05) is 10.5 Å².